The number of carbonyl (C=O) groups is 2. The molecule has 1 aliphatic carbocycles. The number of carboxylic acid groups (broad SMARTS) is 1. The summed E-state index contributed by atoms with van der Waals surface area (Å²) in [5.41, 5.74) is -0.215. The number of carboxylic acids is 1. The van der Waals surface area contributed by atoms with Crippen LogP contribution in [0, 0.1) is 5.92 Å². The Kier molecular flexibility index (Phi) is 4.29. The number of nitrogens with one attached hydrogen (secondary N) is 2. The lowest BCUT2D eigenvalue weighted by molar-refractivity contribution is -0.141. The van der Waals surface area contributed by atoms with E-state index >= 15 is 0 Å². The Morgan fingerprint density at radius 1 is 1.26 bits per heavy atom. The number of aliphatic carboxylic acids is 1. The molecule has 2 rings (SSSR count). The van der Waals surface area contributed by atoms with Crippen LogP contribution < -0.4 is 10.6 Å². The van der Waals surface area contributed by atoms with Gasteiger partial charge in [0, 0.05) is 24.8 Å². The van der Waals surface area contributed by atoms with Crippen LogP contribution in [0.15, 0.2) is 0 Å². The normalized spacial score (nSPS) is 29.7. The molecule has 0 aromatic heterocycles. The number of rotatable bonds is 3. The van der Waals surface area contributed by atoms with E-state index in [1.807, 2.05) is 6.92 Å². The first-order valence-corrected chi connectivity index (χ1v) is 6.88. The van der Waals surface area contributed by atoms with Crippen LogP contribution in [0.3, 0.4) is 0 Å². The molecule has 2 fully saturated rings. The predicted molar refractivity (Wildman–Crippen MR) is 68.9 cm³/mol. The molecule has 2 aliphatic rings. The molecular weight excluding hydrogens is 248 g/mol. The molecule has 0 aromatic rings. The predicted octanol–water partition coefficient (Wildman–Crippen LogP) is 1.11. The maximum atomic E-state index is 11.9. The molecule has 1 heterocycles. The van der Waals surface area contributed by atoms with Crippen LogP contribution in [-0.2, 0) is 9.53 Å². The van der Waals surface area contributed by atoms with E-state index in [0.717, 1.165) is 19.3 Å². The van der Waals surface area contributed by atoms with Gasteiger partial charge in [-0.05, 0) is 39.0 Å². The molecular formula is C13H22N2O4. The van der Waals surface area contributed by atoms with Gasteiger partial charge in [0.05, 0.1) is 5.92 Å². The Morgan fingerprint density at radius 3 is 2.53 bits per heavy atom. The molecule has 1 saturated heterocycles. The van der Waals surface area contributed by atoms with Gasteiger partial charge in [0.15, 0.2) is 0 Å². The number of hydrogen-bond donors (Lipinski definition) is 3. The van der Waals surface area contributed by atoms with Gasteiger partial charge in [0.25, 0.3) is 0 Å². The molecule has 108 valence electrons. The number of carbonyl (C=O) groups excluding carboxylic acids is 1. The fourth-order valence-electron chi connectivity index (χ4n) is 2.78. The summed E-state index contributed by atoms with van der Waals surface area (Å²) in [4.78, 5) is 22.8. The van der Waals surface area contributed by atoms with E-state index in [9.17, 15) is 9.59 Å². The number of urea groups is 1. The Balaban J connectivity index is 1.77. The van der Waals surface area contributed by atoms with Crippen molar-refractivity contribution in [2.24, 2.45) is 5.92 Å². The second-order valence-electron chi connectivity index (χ2n) is 5.82. The van der Waals surface area contributed by atoms with Crippen LogP contribution in [0.4, 0.5) is 4.79 Å². The minimum atomic E-state index is -0.763. The molecule has 0 spiro atoms. The molecule has 1 saturated carbocycles. The van der Waals surface area contributed by atoms with Crippen LogP contribution >= 0.6 is 0 Å². The molecule has 0 bridgehead atoms. The highest BCUT2D eigenvalue weighted by atomic mass is 16.5. The topological polar surface area (TPSA) is 87.7 Å². The van der Waals surface area contributed by atoms with E-state index in [0.29, 0.717) is 26.1 Å². The van der Waals surface area contributed by atoms with Gasteiger partial charge in [-0.25, -0.2) is 4.79 Å². The van der Waals surface area contributed by atoms with Crippen molar-refractivity contribution in [3.63, 3.8) is 0 Å². The van der Waals surface area contributed by atoms with Crippen LogP contribution in [0.1, 0.15) is 39.0 Å². The largest absolute Gasteiger partial charge is 0.481 e. The third kappa shape index (κ3) is 3.83. The van der Waals surface area contributed by atoms with Crippen molar-refractivity contribution >= 4 is 12.0 Å². The second-order valence-corrected chi connectivity index (χ2v) is 5.82. The van der Waals surface area contributed by atoms with Crippen LogP contribution in [0.25, 0.3) is 0 Å². The molecule has 19 heavy (non-hydrogen) atoms. The van der Waals surface area contributed by atoms with Crippen molar-refractivity contribution in [3.05, 3.63) is 0 Å². The molecule has 2 unspecified atom stereocenters. The Hall–Kier alpha value is -1.30. The Morgan fingerprint density at radius 2 is 1.95 bits per heavy atom. The van der Waals surface area contributed by atoms with Crippen molar-refractivity contribution in [2.75, 3.05) is 13.2 Å². The Labute approximate surface area is 112 Å². The van der Waals surface area contributed by atoms with Gasteiger partial charge in [-0.1, -0.05) is 0 Å². The van der Waals surface area contributed by atoms with Crippen LogP contribution in [0.2, 0.25) is 0 Å². The summed E-state index contributed by atoms with van der Waals surface area (Å²) >= 11 is 0. The quantitative estimate of drug-likeness (QED) is 0.717. The average molecular weight is 270 g/mol. The highest BCUT2D eigenvalue weighted by Gasteiger charge is 2.33. The fourth-order valence-corrected chi connectivity index (χ4v) is 2.78. The first-order chi connectivity index (χ1) is 8.98. The molecule has 6 nitrogen and oxygen atoms in total. The molecule has 1 aliphatic heterocycles. The van der Waals surface area contributed by atoms with Crippen molar-refractivity contribution in [3.8, 4) is 0 Å². The van der Waals surface area contributed by atoms with Gasteiger partial charge in [-0.3, -0.25) is 4.79 Å². The van der Waals surface area contributed by atoms with Crippen molar-refractivity contribution in [1.29, 1.82) is 0 Å². The van der Waals surface area contributed by atoms with E-state index in [2.05, 4.69) is 10.6 Å². The molecule has 6 heteroatoms. The van der Waals surface area contributed by atoms with Gasteiger partial charge in [-0.2, -0.15) is 0 Å². The second kappa shape index (κ2) is 5.77. The smallest absolute Gasteiger partial charge is 0.315 e. The summed E-state index contributed by atoms with van der Waals surface area (Å²) in [6.07, 6.45) is 3.53. The highest BCUT2D eigenvalue weighted by molar-refractivity contribution is 5.75. The summed E-state index contributed by atoms with van der Waals surface area (Å²) in [7, 11) is 0. The van der Waals surface area contributed by atoms with Gasteiger partial charge in [-0.15, -0.1) is 0 Å². The lowest BCUT2D eigenvalue weighted by Gasteiger charge is -2.34. The third-order valence-electron chi connectivity index (χ3n) is 4.13. The fraction of sp³-hybridized carbons (Fsp3) is 0.846. The number of amides is 2. The Bertz CT molecular complexity index is 353. The first kappa shape index (κ1) is 14.1. The van der Waals surface area contributed by atoms with E-state index in [1.54, 1.807) is 0 Å². The van der Waals surface area contributed by atoms with Gasteiger partial charge in [0.1, 0.15) is 0 Å². The van der Waals surface area contributed by atoms with Crippen LogP contribution in [-0.4, -0.2) is 41.9 Å². The minimum absolute atomic E-state index is 0.0236. The summed E-state index contributed by atoms with van der Waals surface area (Å²) in [6, 6.07) is -0.218. The van der Waals surface area contributed by atoms with Gasteiger partial charge < -0.3 is 20.5 Å². The SMILES string of the molecule is CC1(NC(=O)NC2CCC(C(=O)O)C2)CCOCC1. The summed E-state index contributed by atoms with van der Waals surface area (Å²) < 4.78 is 5.28. The molecule has 0 aromatic carbocycles. The van der Waals surface area contributed by atoms with Crippen LogP contribution in [0.5, 0.6) is 0 Å². The zero-order valence-electron chi connectivity index (χ0n) is 11.3. The lowest BCUT2D eigenvalue weighted by Crippen LogP contribution is -2.54. The van der Waals surface area contributed by atoms with Crippen molar-refractivity contribution < 1.29 is 19.4 Å². The number of ether oxygens (including phenoxy) is 1. The maximum Gasteiger partial charge on any atom is 0.315 e. The first-order valence-electron chi connectivity index (χ1n) is 6.88. The molecule has 2 amide bonds. The average Bonchev–Trinajstić information content (AvgIpc) is 2.77. The van der Waals surface area contributed by atoms with E-state index in [-0.39, 0.29) is 23.5 Å². The minimum Gasteiger partial charge on any atom is -0.481 e. The van der Waals surface area contributed by atoms with Gasteiger partial charge in [0.2, 0.25) is 0 Å². The summed E-state index contributed by atoms with van der Waals surface area (Å²) in [5.74, 6) is -1.08. The standard InChI is InChI=1S/C13H22N2O4/c1-13(4-6-19-7-5-13)15-12(18)14-10-3-2-9(8-10)11(16)17/h9-10H,2-8H2,1H3,(H,16,17)(H2,14,15,18). The number of hydrogen-bond acceptors (Lipinski definition) is 3. The zero-order chi connectivity index (χ0) is 13.9. The monoisotopic (exact) mass is 270 g/mol. The van der Waals surface area contributed by atoms with E-state index < -0.39 is 5.97 Å². The van der Waals surface area contributed by atoms with Gasteiger partial charge >= 0.3 is 12.0 Å². The lowest BCUT2D eigenvalue weighted by atomic mass is 9.93. The van der Waals surface area contributed by atoms with E-state index in [1.165, 1.54) is 0 Å². The highest BCUT2D eigenvalue weighted by Crippen LogP contribution is 2.26. The molecule has 0 radical (unpaired) electrons. The van der Waals surface area contributed by atoms with Crippen molar-refractivity contribution in [2.45, 2.75) is 50.6 Å². The van der Waals surface area contributed by atoms with Crippen molar-refractivity contribution in [1.82, 2.24) is 10.6 Å². The molecule has 3 N–H and O–H groups in total. The summed E-state index contributed by atoms with van der Waals surface area (Å²) in [6.45, 7) is 3.35. The summed E-state index contributed by atoms with van der Waals surface area (Å²) in [5, 5.41) is 14.8. The maximum absolute atomic E-state index is 11.9. The third-order valence-corrected chi connectivity index (χ3v) is 4.13. The zero-order valence-corrected chi connectivity index (χ0v) is 11.3. The van der Waals surface area contributed by atoms with E-state index in [4.69, 9.17) is 9.84 Å². The molecule has 2 atom stereocenters.